The Hall–Kier alpha value is -4.34. The van der Waals surface area contributed by atoms with Gasteiger partial charge in [0, 0.05) is 24.7 Å². The molecule has 41 heavy (non-hydrogen) atoms. The maximum atomic E-state index is 15.2. The van der Waals surface area contributed by atoms with Crippen LogP contribution in [0.3, 0.4) is 0 Å². The number of methoxy groups -OCH3 is 1. The van der Waals surface area contributed by atoms with E-state index in [1.165, 1.54) is 0 Å². The number of benzene rings is 2. The molecule has 0 atom stereocenters. The number of nitrogens with one attached hydrogen (secondary N) is 1. The Morgan fingerprint density at radius 2 is 1.63 bits per heavy atom. The molecule has 0 spiro atoms. The normalized spacial score (nSPS) is 11.6. The average molecular weight is 649 g/mol. The lowest BCUT2D eigenvalue weighted by Crippen LogP contribution is -2.25. The van der Waals surface area contributed by atoms with E-state index in [1.807, 2.05) is 0 Å². The third kappa shape index (κ3) is 5.91. The Labute approximate surface area is 234 Å². The molecule has 0 fully saturated rings. The highest BCUT2D eigenvalue weighted by Gasteiger charge is 2.34. The summed E-state index contributed by atoms with van der Waals surface area (Å²) < 4.78 is 106. The lowest BCUT2D eigenvalue weighted by atomic mass is 10.1. The zero-order valence-electron chi connectivity index (χ0n) is 20.7. The molecule has 0 aliphatic heterocycles. The van der Waals surface area contributed by atoms with Crippen molar-refractivity contribution >= 4 is 27.5 Å². The number of hydrogen-bond acceptors (Lipinski definition) is 5. The number of aromatic nitrogens is 3. The summed E-state index contributed by atoms with van der Waals surface area (Å²) in [7, 11) is 2.26. The molecule has 1 amide bonds. The molecule has 0 aliphatic rings. The van der Waals surface area contributed by atoms with E-state index in [1.54, 1.807) is 0 Å². The highest BCUT2D eigenvalue weighted by molar-refractivity contribution is 9.10. The molecule has 2 heterocycles. The molecule has 8 nitrogen and oxygen atoms in total. The van der Waals surface area contributed by atoms with Gasteiger partial charge in [-0.25, -0.2) is 13.8 Å². The second-order valence-corrected chi connectivity index (χ2v) is 9.04. The molecule has 0 unspecified atom stereocenters. The number of rotatable bonds is 7. The molecule has 0 radical (unpaired) electrons. The third-order valence-electron chi connectivity index (χ3n) is 5.65. The third-order valence-corrected chi connectivity index (χ3v) is 6.27. The second kappa shape index (κ2) is 11.3. The smallest absolute Gasteiger partial charge is 0.433 e. The molecule has 16 heteroatoms. The highest BCUT2D eigenvalue weighted by Crippen LogP contribution is 2.36. The van der Waals surface area contributed by atoms with Gasteiger partial charge in [0.15, 0.2) is 5.82 Å². The molecule has 4 rings (SSSR count). The number of carbonyl (C=O) groups excluding carboxylic acids is 1. The zero-order chi connectivity index (χ0) is 30.2. The van der Waals surface area contributed by atoms with Gasteiger partial charge in [-0.1, -0.05) is 0 Å². The number of ether oxygens (including phenoxy) is 2. The van der Waals surface area contributed by atoms with E-state index in [2.05, 4.69) is 31.0 Å². The van der Waals surface area contributed by atoms with Crippen LogP contribution in [0.15, 0.2) is 57.8 Å². The number of anilines is 1. The van der Waals surface area contributed by atoms with Crippen LogP contribution in [0.5, 0.6) is 11.5 Å². The van der Waals surface area contributed by atoms with Crippen molar-refractivity contribution in [2.75, 3.05) is 12.4 Å². The van der Waals surface area contributed by atoms with Crippen LogP contribution >= 0.6 is 15.9 Å². The first kappa shape index (κ1) is 29.6. The van der Waals surface area contributed by atoms with Crippen LogP contribution in [0.4, 0.5) is 36.4 Å². The fraction of sp³-hybridized carbons (Fsp3) is 0.160. The largest absolute Gasteiger partial charge is 0.497 e. The van der Waals surface area contributed by atoms with Crippen molar-refractivity contribution in [2.24, 2.45) is 7.05 Å². The zero-order valence-corrected chi connectivity index (χ0v) is 22.3. The Morgan fingerprint density at radius 1 is 1.02 bits per heavy atom. The molecule has 0 saturated heterocycles. The predicted octanol–water partition coefficient (Wildman–Crippen LogP) is 6.16. The van der Waals surface area contributed by atoms with Gasteiger partial charge in [-0.05, 0) is 52.3 Å². The first-order valence-electron chi connectivity index (χ1n) is 11.2. The van der Waals surface area contributed by atoms with Gasteiger partial charge in [-0.2, -0.15) is 26.6 Å². The molecule has 0 saturated carbocycles. The van der Waals surface area contributed by atoms with E-state index in [0.717, 1.165) is 61.3 Å². The van der Waals surface area contributed by atoms with Crippen LogP contribution < -0.4 is 20.3 Å². The summed E-state index contributed by atoms with van der Waals surface area (Å²) >= 11 is 3.03. The van der Waals surface area contributed by atoms with Crippen LogP contribution in [0.2, 0.25) is 0 Å². The van der Waals surface area contributed by atoms with Crippen LogP contribution in [0, 0.1) is 11.6 Å². The number of nitrogens with zero attached hydrogens (tertiary/aromatic N) is 3. The maximum Gasteiger partial charge on any atom is 0.433 e. The fourth-order valence-electron chi connectivity index (χ4n) is 3.85. The molecule has 1 N–H and O–H groups in total. The highest BCUT2D eigenvalue weighted by atomic mass is 79.9. The maximum absolute atomic E-state index is 15.2. The van der Waals surface area contributed by atoms with E-state index < -0.39 is 64.3 Å². The van der Waals surface area contributed by atoms with Crippen LogP contribution in [-0.2, 0) is 13.2 Å². The summed E-state index contributed by atoms with van der Waals surface area (Å²) in [6.07, 6.45) is -4.90. The van der Waals surface area contributed by atoms with Crippen molar-refractivity contribution in [3.63, 3.8) is 0 Å². The quantitative estimate of drug-likeness (QED) is 0.243. The molecular formula is C25H16BrF7N4O4. The van der Waals surface area contributed by atoms with E-state index in [4.69, 9.17) is 4.74 Å². The SMILES string of the molecule is COc1cc(F)c(-c2c(NC(=O)c3ccc(OC(F)F)cc3)c(=O)n(-c3nc(C(F)(F)F)ccc3Br)n2C)c(F)c1. The summed E-state index contributed by atoms with van der Waals surface area (Å²) in [6, 6.07) is 7.45. The fourth-order valence-corrected chi connectivity index (χ4v) is 4.24. The van der Waals surface area contributed by atoms with E-state index in [-0.39, 0.29) is 21.5 Å². The number of pyridine rings is 1. The Balaban J connectivity index is 1.93. The summed E-state index contributed by atoms with van der Waals surface area (Å²) in [5.41, 5.74) is -4.85. The minimum absolute atomic E-state index is 0.0945. The van der Waals surface area contributed by atoms with Crippen molar-refractivity contribution in [1.82, 2.24) is 14.3 Å². The molecule has 2 aromatic carbocycles. The van der Waals surface area contributed by atoms with Gasteiger partial charge in [0.05, 0.1) is 17.1 Å². The molecule has 4 aromatic rings. The van der Waals surface area contributed by atoms with Crippen molar-refractivity contribution in [3.8, 4) is 28.6 Å². The second-order valence-electron chi connectivity index (χ2n) is 8.19. The van der Waals surface area contributed by atoms with Crippen molar-refractivity contribution in [2.45, 2.75) is 12.8 Å². The minimum atomic E-state index is -4.90. The summed E-state index contributed by atoms with van der Waals surface area (Å²) in [5.74, 6) is -4.56. The van der Waals surface area contributed by atoms with Gasteiger partial charge in [-0.15, -0.1) is 0 Å². The molecule has 2 aromatic heterocycles. The Bertz CT molecular complexity index is 1660. The van der Waals surface area contributed by atoms with Gasteiger partial charge in [0.2, 0.25) is 0 Å². The number of hydrogen-bond donors (Lipinski definition) is 1. The molecule has 216 valence electrons. The van der Waals surface area contributed by atoms with Crippen molar-refractivity contribution in [3.05, 3.63) is 86.2 Å². The van der Waals surface area contributed by atoms with E-state index in [0.29, 0.717) is 10.7 Å². The van der Waals surface area contributed by atoms with Gasteiger partial charge < -0.3 is 14.8 Å². The summed E-state index contributed by atoms with van der Waals surface area (Å²) in [5, 5.41) is 2.22. The minimum Gasteiger partial charge on any atom is -0.497 e. The van der Waals surface area contributed by atoms with Gasteiger partial charge >= 0.3 is 12.8 Å². The van der Waals surface area contributed by atoms with Crippen molar-refractivity contribution < 1.29 is 45.0 Å². The molecular weight excluding hydrogens is 633 g/mol. The monoisotopic (exact) mass is 648 g/mol. The van der Waals surface area contributed by atoms with Gasteiger partial charge in [-0.3, -0.25) is 14.3 Å². The van der Waals surface area contributed by atoms with Crippen molar-refractivity contribution in [1.29, 1.82) is 0 Å². The lowest BCUT2D eigenvalue weighted by Gasteiger charge is -2.14. The summed E-state index contributed by atoms with van der Waals surface area (Å²) in [4.78, 5) is 30.1. The number of alkyl halides is 5. The van der Waals surface area contributed by atoms with Crippen LogP contribution in [0.1, 0.15) is 16.1 Å². The summed E-state index contributed by atoms with van der Waals surface area (Å²) in [6.45, 7) is -3.13. The standard InChI is InChI=1S/C25H16BrF7N4O4/c1-36-20(18-15(27)9-13(40-2)10-16(18)28)19(35-22(38)11-3-5-12(6-4-11)41-24(29)30)23(39)37(36)21-14(26)7-8-17(34-21)25(31,32)33/h3-10,24H,1-2H3,(H,35,38). The molecule has 0 bridgehead atoms. The van der Waals surface area contributed by atoms with Gasteiger partial charge in [0.1, 0.15) is 40.2 Å². The Kier molecular flexibility index (Phi) is 8.15. The lowest BCUT2D eigenvalue weighted by molar-refractivity contribution is -0.141. The molecule has 0 aliphatic carbocycles. The Morgan fingerprint density at radius 3 is 2.17 bits per heavy atom. The first-order chi connectivity index (χ1) is 19.2. The first-order valence-corrected chi connectivity index (χ1v) is 12.0. The average Bonchev–Trinajstić information content (AvgIpc) is 3.12. The number of halogens is 8. The van der Waals surface area contributed by atoms with Crippen LogP contribution in [-0.4, -0.2) is 34.0 Å². The van der Waals surface area contributed by atoms with Gasteiger partial charge in [0.25, 0.3) is 11.5 Å². The van der Waals surface area contributed by atoms with E-state index >= 15 is 8.78 Å². The van der Waals surface area contributed by atoms with Crippen LogP contribution in [0.25, 0.3) is 17.1 Å². The predicted molar refractivity (Wildman–Crippen MR) is 134 cm³/mol. The number of carbonyl (C=O) groups is 1. The number of amides is 1. The topological polar surface area (TPSA) is 87.4 Å². The van der Waals surface area contributed by atoms with E-state index in [9.17, 15) is 31.5 Å².